The van der Waals surface area contributed by atoms with Crippen molar-refractivity contribution in [1.82, 2.24) is 0 Å². The van der Waals surface area contributed by atoms with Gasteiger partial charge in [0.05, 0.1) is 58.0 Å². The largest absolute Gasteiger partial charge is 0.394 e. The minimum absolute atomic E-state index is 0.0808. The van der Waals surface area contributed by atoms with Gasteiger partial charge in [0.15, 0.2) is 37.2 Å². The van der Waals surface area contributed by atoms with E-state index in [2.05, 4.69) is 20.8 Å². The summed E-state index contributed by atoms with van der Waals surface area (Å²) in [5.74, 6) is -0.636. The molecular weight excluding hydrogens is 1140 g/mol. The second kappa shape index (κ2) is 26.4. The molecule has 10 fully saturated rings. The van der Waals surface area contributed by atoms with Crippen molar-refractivity contribution in [1.29, 1.82) is 0 Å². The van der Waals surface area contributed by atoms with Gasteiger partial charge in [-0.1, -0.05) is 27.7 Å². The number of ether oxygens (including phenoxy) is 11. The third-order valence-electron chi connectivity index (χ3n) is 21.8. The molecule has 0 bridgehead atoms. The number of aliphatic hydroxyl groups is 18. The van der Waals surface area contributed by atoms with E-state index in [4.69, 9.17) is 52.1 Å². The van der Waals surface area contributed by atoms with Crippen LogP contribution in [-0.2, 0) is 52.1 Å². The fourth-order valence-corrected chi connectivity index (χ4v) is 16.9. The molecule has 4 saturated carbocycles. The van der Waals surface area contributed by atoms with Gasteiger partial charge in [0.2, 0.25) is 0 Å². The normalized spacial score (nSPS) is 55.8. The van der Waals surface area contributed by atoms with Crippen molar-refractivity contribution >= 4 is 0 Å². The summed E-state index contributed by atoms with van der Waals surface area (Å²) in [7, 11) is 0. The lowest BCUT2D eigenvalue weighted by Gasteiger charge is -2.62. The minimum Gasteiger partial charge on any atom is -0.394 e. The Balaban J connectivity index is 0.771. The van der Waals surface area contributed by atoms with Crippen molar-refractivity contribution in [2.45, 2.75) is 257 Å². The van der Waals surface area contributed by atoms with E-state index in [-0.39, 0.29) is 53.1 Å². The summed E-state index contributed by atoms with van der Waals surface area (Å²) < 4.78 is 65.5. The first kappa shape index (κ1) is 66.8. The molecule has 0 aromatic rings. The molecular formula is C56H94O29. The molecule has 0 spiro atoms. The van der Waals surface area contributed by atoms with Crippen LogP contribution in [-0.4, -0.2) is 303 Å². The zero-order chi connectivity index (χ0) is 61.5. The van der Waals surface area contributed by atoms with Crippen LogP contribution in [0.2, 0.25) is 0 Å². The van der Waals surface area contributed by atoms with Crippen molar-refractivity contribution in [2.24, 2.45) is 52.3 Å². The number of fused-ring (bicyclic) bond motifs is 7. The van der Waals surface area contributed by atoms with Crippen LogP contribution in [0.1, 0.15) is 85.5 Å². The molecule has 29 nitrogen and oxygen atoms in total. The van der Waals surface area contributed by atoms with Crippen molar-refractivity contribution in [2.75, 3.05) is 39.6 Å². The molecule has 18 N–H and O–H groups in total. The van der Waals surface area contributed by atoms with Gasteiger partial charge in [-0.25, -0.2) is 0 Å². The summed E-state index contributed by atoms with van der Waals surface area (Å²) in [5, 5.41) is 194. The van der Waals surface area contributed by atoms with Gasteiger partial charge in [-0.2, -0.15) is 0 Å². The summed E-state index contributed by atoms with van der Waals surface area (Å²) >= 11 is 0. The van der Waals surface area contributed by atoms with Gasteiger partial charge in [0, 0.05) is 12.3 Å². The molecule has 492 valence electrons. The molecule has 37 unspecified atom stereocenters. The molecule has 0 aromatic carbocycles. The average Bonchev–Trinajstić information content (AvgIpc) is 1.73. The van der Waals surface area contributed by atoms with Gasteiger partial charge >= 0.3 is 0 Å². The lowest BCUT2D eigenvalue weighted by atomic mass is 9.44. The Kier molecular flexibility index (Phi) is 20.8. The highest BCUT2D eigenvalue weighted by atomic mass is 16.8. The molecule has 10 rings (SSSR count). The maximum absolute atomic E-state index is 12.1. The predicted molar refractivity (Wildman–Crippen MR) is 280 cm³/mol. The van der Waals surface area contributed by atoms with Crippen LogP contribution >= 0.6 is 0 Å². The summed E-state index contributed by atoms with van der Waals surface area (Å²) in [4.78, 5) is 0. The molecule has 6 heterocycles. The van der Waals surface area contributed by atoms with E-state index in [0.29, 0.717) is 37.5 Å². The van der Waals surface area contributed by atoms with Crippen LogP contribution in [0.4, 0.5) is 0 Å². The number of aliphatic hydroxyl groups excluding tert-OH is 17. The van der Waals surface area contributed by atoms with Gasteiger partial charge in [-0.3, -0.25) is 0 Å². The fourth-order valence-electron chi connectivity index (χ4n) is 16.9. The van der Waals surface area contributed by atoms with Gasteiger partial charge < -0.3 is 144 Å². The van der Waals surface area contributed by atoms with Crippen LogP contribution in [0.5, 0.6) is 0 Å². The third kappa shape index (κ3) is 12.3. The van der Waals surface area contributed by atoms with E-state index in [1.807, 2.05) is 6.92 Å². The molecule has 29 heteroatoms. The van der Waals surface area contributed by atoms with E-state index < -0.39 is 198 Å². The molecule has 0 radical (unpaired) electrons. The first-order chi connectivity index (χ1) is 40.2. The molecule has 0 amide bonds. The number of rotatable bonds is 18. The maximum atomic E-state index is 12.1. The molecule has 6 saturated heterocycles. The third-order valence-corrected chi connectivity index (χ3v) is 21.8. The van der Waals surface area contributed by atoms with Crippen LogP contribution in [0.15, 0.2) is 0 Å². The van der Waals surface area contributed by atoms with Gasteiger partial charge in [0.25, 0.3) is 0 Å². The molecule has 37 atom stereocenters. The predicted octanol–water partition coefficient (Wildman–Crippen LogP) is -6.52. The van der Waals surface area contributed by atoms with E-state index >= 15 is 0 Å². The van der Waals surface area contributed by atoms with E-state index in [0.717, 1.165) is 32.1 Å². The zero-order valence-electron chi connectivity index (χ0n) is 48.3. The average molecular weight is 1230 g/mol. The van der Waals surface area contributed by atoms with E-state index in [1.54, 1.807) is 0 Å². The second-order valence-electron chi connectivity index (χ2n) is 26.8. The Morgan fingerprint density at radius 2 is 1.07 bits per heavy atom. The SMILES string of the molecule is CC(CCC1(O)OC2CC3C4CCC5CC(OC6OC(CO)C(OC7OC(CO)C(O)C(OC8OCC(O)C(O)C8O)C7OC7OC(CO)C(O)C(O)C7O)C(O)C6O)C(O)CC5(C)C4CCC3(C)C2C1C)COC1OC(CO)C(O)C(O)C1O. The van der Waals surface area contributed by atoms with Gasteiger partial charge in [-0.15, -0.1) is 0 Å². The maximum Gasteiger partial charge on any atom is 0.187 e. The van der Waals surface area contributed by atoms with Gasteiger partial charge in [-0.05, 0) is 97.7 Å². The molecule has 4 aliphatic carbocycles. The molecule has 85 heavy (non-hydrogen) atoms. The highest BCUT2D eigenvalue weighted by molar-refractivity contribution is 5.16. The topological polar surface area (TPSA) is 466 Å². The van der Waals surface area contributed by atoms with Crippen molar-refractivity contribution in [3.63, 3.8) is 0 Å². The van der Waals surface area contributed by atoms with Crippen molar-refractivity contribution in [3.05, 3.63) is 0 Å². The monoisotopic (exact) mass is 1230 g/mol. The summed E-state index contributed by atoms with van der Waals surface area (Å²) in [6.45, 7) is 4.91. The lowest BCUT2D eigenvalue weighted by Crippen LogP contribution is -2.68. The molecule has 0 aromatic heterocycles. The minimum atomic E-state index is -2.05. The first-order valence-corrected chi connectivity index (χ1v) is 30.4. The highest BCUT2D eigenvalue weighted by Gasteiger charge is 2.69. The smallest absolute Gasteiger partial charge is 0.187 e. The Hall–Kier alpha value is -1.16. The Labute approximate surface area is 491 Å². The molecule has 6 aliphatic heterocycles. The summed E-state index contributed by atoms with van der Waals surface area (Å²) in [6.07, 6.45) is -37.5. The fraction of sp³-hybridized carbons (Fsp3) is 1.00. The zero-order valence-corrected chi connectivity index (χ0v) is 48.3. The van der Waals surface area contributed by atoms with Crippen LogP contribution in [0.3, 0.4) is 0 Å². The number of hydrogen-bond acceptors (Lipinski definition) is 29. The van der Waals surface area contributed by atoms with Crippen LogP contribution in [0.25, 0.3) is 0 Å². The second-order valence-corrected chi connectivity index (χ2v) is 26.8. The van der Waals surface area contributed by atoms with E-state index in [9.17, 15) is 91.9 Å². The lowest BCUT2D eigenvalue weighted by molar-refractivity contribution is -0.404. The van der Waals surface area contributed by atoms with E-state index in [1.165, 1.54) is 0 Å². The molecule has 10 aliphatic rings. The summed E-state index contributed by atoms with van der Waals surface area (Å²) in [5.41, 5.74) is -0.434. The van der Waals surface area contributed by atoms with Crippen molar-refractivity contribution < 1.29 is 144 Å². The standard InChI is InChI=1S/C56H94O29/c1-20(18-75-49-43(71)39(67)36(64)30(14-57)78-49)7-10-56(74)21(2)34-29(85-56)12-25-23-6-5-22-11-28(26(61)13-55(22,4)24(23)8-9-54(25,34)3)77-51-45(73)41(69)46(33(17-60)81-51)82-53-48(84-52-44(72)40(68)37(65)31(15-58)79-52)47(38(66)32(16-59)80-53)83-50-42(70)35(63)27(62)19-76-50/h20-53,57-74H,5-19H2,1-4H3. The first-order valence-electron chi connectivity index (χ1n) is 30.4. The van der Waals surface area contributed by atoms with Crippen molar-refractivity contribution in [3.8, 4) is 0 Å². The summed E-state index contributed by atoms with van der Waals surface area (Å²) in [6, 6.07) is 0. The van der Waals surface area contributed by atoms with Crippen LogP contribution in [0, 0.1) is 52.3 Å². The Bertz CT molecular complexity index is 2170. The highest BCUT2D eigenvalue weighted by Crippen LogP contribution is 2.71. The quantitative estimate of drug-likeness (QED) is 0.0568. The Morgan fingerprint density at radius 1 is 0.518 bits per heavy atom. The van der Waals surface area contributed by atoms with Gasteiger partial charge in [0.1, 0.15) is 116 Å². The Morgan fingerprint density at radius 3 is 1.73 bits per heavy atom. The number of hydrogen-bond donors (Lipinski definition) is 18. The van der Waals surface area contributed by atoms with Crippen LogP contribution < -0.4 is 0 Å².